The molecule has 0 spiro atoms. The summed E-state index contributed by atoms with van der Waals surface area (Å²) in [6.45, 7) is 7.79. The Balaban J connectivity index is 2.19. The zero-order chi connectivity index (χ0) is 46.1. The Bertz CT molecular complexity index is 1300. The second-order valence-corrected chi connectivity index (χ2v) is 18.9. The Morgan fingerprint density at radius 1 is 0.667 bits per heavy atom. The molecule has 0 aromatic heterocycles. The van der Waals surface area contributed by atoms with Crippen LogP contribution in [-0.4, -0.2) is 92.8 Å². The van der Waals surface area contributed by atoms with E-state index in [1.807, 2.05) is 32.0 Å². The lowest BCUT2D eigenvalue weighted by atomic mass is 9.92. The van der Waals surface area contributed by atoms with Gasteiger partial charge in [0.1, 0.15) is 31.0 Å². The van der Waals surface area contributed by atoms with Gasteiger partial charge in [-0.15, -0.1) is 0 Å². The van der Waals surface area contributed by atoms with Crippen LogP contribution in [0.2, 0.25) is 0 Å². The molecule has 1 aromatic rings. The minimum atomic E-state index is -1.76. The summed E-state index contributed by atoms with van der Waals surface area (Å²) >= 11 is 0. The summed E-state index contributed by atoms with van der Waals surface area (Å²) in [5.41, 5.74) is 7.12. The van der Waals surface area contributed by atoms with Gasteiger partial charge >= 0.3 is 6.09 Å². The number of benzene rings is 1. The number of ether oxygens (including phenoxy) is 2. The van der Waals surface area contributed by atoms with E-state index in [4.69, 9.17) is 15.2 Å². The fraction of sp³-hybridized carbons (Fsp3) is 0.827. The van der Waals surface area contributed by atoms with Crippen LogP contribution < -0.4 is 5.73 Å². The number of carbonyl (C=O) groups excluding carboxylic acids is 3. The first-order valence-corrected chi connectivity index (χ1v) is 25.8. The molecule has 364 valence electrons. The maximum Gasteiger partial charge on any atom is 0.417 e. The fourth-order valence-corrected chi connectivity index (χ4v) is 8.86. The maximum absolute atomic E-state index is 14.4. The van der Waals surface area contributed by atoms with Crippen LogP contribution in [0.1, 0.15) is 219 Å². The van der Waals surface area contributed by atoms with Gasteiger partial charge in [-0.3, -0.25) is 9.59 Å². The van der Waals surface area contributed by atoms with E-state index >= 15 is 0 Å². The van der Waals surface area contributed by atoms with Crippen LogP contribution in [0.3, 0.4) is 0 Å². The number of carbonyl (C=O) groups is 3. The highest BCUT2D eigenvalue weighted by Crippen LogP contribution is 2.31. The lowest BCUT2D eigenvalue weighted by molar-refractivity contribution is -0.245. The summed E-state index contributed by atoms with van der Waals surface area (Å²) in [5, 5.41) is 33.4. The van der Waals surface area contributed by atoms with E-state index < -0.39 is 55.2 Å². The normalized spacial score (nSPS) is 19.3. The Morgan fingerprint density at radius 2 is 1.11 bits per heavy atom. The number of unbranched alkanes of at least 4 members (excludes halogenated alkanes) is 25. The fourth-order valence-electron chi connectivity index (χ4n) is 8.86. The van der Waals surface area contributed by atoms with E-state index in [9.17, 15) is 29.7 Å². The van der Waals surface area contributed by atoms with Gasteiger partial charge in [-0.25, -0.2) is 9.69 Å². The maximum atomic E-state index is 14.4. The van der Waals surface area contributed by atoms with Crippen LogP contribution in [0.4, 0.5) is 4.79 Å². The van der Waals surface area contributed by atoms with Gasteiger partial charge in [0.25, 0.3) is 0 Å². The number of rotatable bonds is 37. The number of aliphatic hydroxyl groups is 3. The molecule has 2 rings (SSSR count). The molecular weight excluding hydrogens is 795 g/mol. The first-order valence-electron chi connectivity index (χ1n) is 25.8. The second-order valence-electron chi connectivity index (χ2n) is 18.9. The first kappa shape index (κ1) is 56.6. The average molecular weight is 888 g/mol. The molecular formula is C52H93N3O8. The highest BCUT2D eigenvalue weighted by Gasteiger charge is 2.53. The molecule has 1 heterocycles. The van der Waals surface area contributed by atoms with Crippen LogP contribution >= 0.6 is 0 Å². The molecule has 0 radical (unpaired) electrons. The smallest absolute Gasteiger partial charge is 0.417 e. The second kappa shape index (κ2) is 35.7. The molecule has 3 amide bonds. The van der Waals surface area contributed by atoms with E-state index in [1.165, 1.54) is 127 Å². The average Bonchev–Trinajstić information content (AvgIpc) is 3.27. The summed E-state index contributed by atoms with van der Waals surface area (Å²) in [6.07, 6.45) is 25.3. The number of amides is 3. The van der Waals surface area contributed by atoms with Gasteiger partial charge in [-0.2, -0.15) is 0 Å². The third kappa shape index (κ3) is 23.4. The van der Waals surface area contributed by atoms with Crippen molar-refractivity contribution in [3.63, 3.8) is 0 Å². The molecule has 63 heavy (non-hydrogen) atoms. The van der Waals surface area contributed by atoms with Crippen LogP contribution in [-0.2, 0) is 25.7 Å². The Morgan fingerprint density at radius 3 is 1.56 bits per heavy atom. The van der Waals surface area contributed by atoms with Gasteiger partial charge < -0.3 is 35.4 Å². The van der Waals surface area contributed by atoms with Gasteiger partial charge in [0.05, 0.1) is 12.6 Å². The quantitative estimate of drug-likeness (QED) is 0.0476. The van der Waals surface area contributed by atoms with E-state index in [0.717, 1.165) is 43.4 Å². The van der Waals surface area contributed by atoms with Crippen molar-refractivity contribution in [2.45, 2.75) is 257 Å². The van der Waals surface area contributed by atoms with Crippen molar-refractivity contribution in [3.05, 3.63) is 35.9 Å². The highest BCUT2D eigenvalue weighted by atomic mass is 16.6. The van der Waals surface area contributed by atoms with Crippen molar-refractivity contribution in [2.75, 3.05) is 13.2 Å². The molecule has 5 N–H and O–H groups in total. The topological polar surface area (TPSA) is 163 Å². The molecule has 0 aliphatic carbocycles. The zero-order valence-corrected chi connectivity index (χ0v) is 40.4. The Kier molecular flexibility index (Phi) is 32.0. The molecule has 1 aromatic carbocycles. The predicted octanol–water partition coefficient (Wildman–Crippen LogP) is 11.1. The molecule has 11 heteroatoms. The number of nitrogens with two attached hydrogens (primary N) is 1. The van der Waals surface area contributed by atoms with E-state index in [1.54, 1.807) is 12.1 Å². The van der Waals surface area contributed by atoms with Gasteiger partial charge in [0, 0.05) is 13.0 Å². The molecule has 11 nitrogen and oxygen atoms in total. The highest BCUT2D eigenvalue weighted by molar-refractivity contribution is 5.95. The predicted molar refractivity (Wildman–Crippen MR) is 255 cm³/mol. The Hall–Kier alpha value is -2.57. The Labute approximate surface area is 383 Å². The minimum absolute atomic E-state index is 0.0117. The van der Waals surface area contributed by atoms with E-state index in [2.05, 4.69) is 13.8 Å². The largest absolute Gasteiger partial charge is 0.444 e. The summed E-state index contributed by atoms with van der Waals surface area (Å²) in [7, 11) is 0. The lowest BCUT2D eigenvalue weighted by Crippen LogP contribution is -2.71. The van der Waals surface area contributed by atoms with Gasteiger partial charge in [-0.05, 0) is 30.7 Å². The summed E-state index contributed by atoms with van der Waals surface area (Å²) < 4.78 is 12.0. The number of hydrogen-bond donors (Lipinski definition) is 4. The molecule has 0 unspecified atom stereocenters. The summed E-state index contributed by atoms with van der Waals surface area (Å²) in [6, 6.07) is 6.36. The third-order valence-corrected chi connectivity index (χ3v) is 12.7. The van der Waals surface area contributed by atoms with Crippen LogP contribution in [0, 0.1) is 5.92 Å². The molecule has 1 fully saturated rings. The molecule has 0 bridgehead atoms. The number of hydrogen-bond acceptors (Lipinski definition) is 9. The lowest BCUT2D eigenvalue weighted by Gasteiger charge is -2.49. The van der Waals surface area contributed by atoms with Crippen molar-refractivity contribution in [2.24, 2.45) is 11.7 Å². The van der Waals surface area contributed by atoms with Crippen LogP contribution in [0.15, 0.2) is 30.3 Å². The van der Waals surface area contributed by atoms with Crippen molar-refractivity contribution >= 4 is 17.9 Å². The van der Waals surface area contributed by atoms with Gasteiger partial charge in [-0.1, -0.05) is 219 Å². The number of aliphatic hydroxyl groups excluding tert-OH is 3. The molecule has 6 atom stereocenters. The molecule has 1 aliphatic rings. The first-order chi connectivity index (χ1) is 30.6. The SMILES string of the molecule is CCCCCCCCCCCCCCCCCC(=O)N(CCCCCCCCCCCCCC)[C@@H]1O[C@H](CO)[C@H](O)[C@H](O)[C@H]1N(C(=O)OCc1ccccc1)C(=O)[C@@H](N)CC(C)C. The number of imide groups is 1. The standard InChI is InChI=1S/C52H93N3O8/c1-5-7-9-11-13-15-17-19-20-21-22-24-26-28-33-37-46(57)54(38-34-29-27-25-23-18-16-14-12-10-8-6-2)51-47(49(59)48(58)45(40-56)63-51)55(50(60)44(53)39-42(3)4)52(61)62-41-43-35-31-30-32-36-43/h30-32,35-36,42,44-45,47-49,51,56,58-59H,5-29,33-34,37-41,53H2,1-4H3/t44-,45+,47+,48-,49+,51+/m0/s1. The number of nitrogens with zero attached hydrogens (tertiary/aromatic N) is 2. The molecule has 0 saturated carbocycles. The van der Waals surface area contributed by atoms with Gasteiger partial charge in [0.2, 0.25) is 11.8 Å². The molecule has 1 saturated heterocycles. The van der Waals surface area contributed by atoms with Crippen LogP contribution in [0.5, 0.6) is 0 Å². The third-order valence-electron chi connectivity index (χ3n) is 12.7. The monoisotopic (exact) mass is 888 g/mol. The van der Waals surface area contributed by atoms with E-state index in [0.29, 0.717) is 18.4 Å². The van der Waals surface area contributed by atoms with E-state index in [-0.39, 0.29) is 37.8 Å². The molecule has 1 aliphatic heterocycles. The summed E-state index contributed by atoms with van der Waals surface area (Å²) in [4.78, 5) is 45.1. The van der Waals surface area contributed by atoms with Crippen molar-refractivity contribution < 1.29 is 39.2 Å². The summed E-state index contributed by atoms with van der Waals surface area (Å²) in [5.74, 6) is -1.01. The van der Waals surface area contributed by atoms with Crippen molar-refractivity contribution in [3.8, 4) is 0 Å². The van der Waals surface area contributed by atoms with Crippen molar-refractivity contribution in [1.29, 1.82) is 0 Å². The van der Waals surface area contributed by atoms with Crippen molar-refractivity contribution in [1.82, 2.24) is 9.80 Å². The zero-order valence-electron chi connectivity index (χ0n) is 40.4. The van der Waals surface area contributed by atoms with Crippen LogP contribution in [0.25, 0.3) is 0 Å². The minimum Gasteiger partial charge on any atom is -0.444 e. The van der Waals surface area contributed by atoms with Gasteiger partial charge in [0.15, 0.2) is 6.23 Å².